The Bertz CT molecular complexity index is 1050. The summed E-state index contributed by atoms with van der Waals surface area (Å²) in [6.07, 6.45) is 1.21. The summed E-state index contributed by atoms with van der Waals surface area (Å²) >= 11 is 6.09. The van der Waals surface area contributed by atoms with Crippen molar-refractivity contribution >= 4 is 29.1 Å². The predicted octanol–water partition coefficient (Wildman–Crippen LogP) is 3.78. The fraction of sp³-hybridized carbons (Fsp3) is 0.273. The molecule has 0 spiro atoms. The molecule has 0 fully saturated rings. The fourth-order valence-electron chi connectivity index (χ4n) is 2.80. The van der Waals surface area contributed by atoms with Gasteiger partial charge in [0, 0.05) is 18.4 Å². The van der Waals surface area contributed by atoms with Gasteiger partial charge in [0.1, 0.15) is 5.75 Å². The Labute approximate surface area is 184 Å². The first-order valence-corrected chi connectivity index (χ1v) is 10.1. The molecule has 0 unspecified atom stereocenters. The molecule has 0 bridgehead atoms. The van der Waals surface area contributed by atoms with E-state index in [1.54, 1.807) is 19.2 Å². The lowest BCUT2D eigenvalue weighted by atomic mass is 10.2. The van der Waals surface area contributed by atoms with Gasteiger partial charge in [-0.25, -0.2) is 0 Å². The highest BCUT2D eigenvalue weighted by Crippen LogP contribution is 2.22. The van der Waals surface area contributed by atoms with Gasteiger partial charge in [-0.05, 0) is 55.3 Å². The standard InChI is InChI=1S/C22H23ClN4O4/c1-14-6-11-18(17(23)12-14)25-20(29)13-24-19(28)4-3-5-21-26-22(27-31-21)15-7-9-16(30-2)10-8-15/h6-12H,3-5,13H2,1-2H3,(H,24,28)(H,25,29). The molecule has 2 aromatic carbocycles. The van der Waals surface area contributed by atoms with Gasteiger partial charge in [0.05, 0.1) is 24.4 Å². The minimum atomic E-state index is -0.347. The third-order valence-corrected chi connectivity index (χ3v) is 4.77. The molecular weight excluding hydrogens is 420 g/mol. The van der Waals surface area contributed by atoms with E-state index in [4.69, 9.17) is 20.9 Å². The van der Waals surface area contributed by atoms with Gasteiger partial charge >= 0.3 is 0 Å². The third kappa shape index (κ3) is 6.55. The summed E-state index contributed by atoms with van der Waals surface area (Å²) < 4.78 is 10.4. The maximum absolute atomic E-state index is 12.0. The highest BCUT2D eigenvalue weighted by Gasteiger charge is 2.11. The first-order chi connectivity index (χ1) is 14.9. The largest absolute Gasteiger partial charge is 0.497 e. The number of halogens is 1. The van der Waals surface area contributed by atoms with Crippen molar-refractivity contribution in [2.45, 2.75) is 26.2 Å². The van der Waals surface area contributed by atoms with Crippen LogP contribution in [0.4, 0.5) is 5.69 Å². The molecule has 0 saturated carbocycles. The maximum Gasteiger partial charge on any atom is 0.243 e. The van der Waals surface area contributed by atoms with Gasteiger partial charge < -0.3 is 19.9 Å². The molecule has 3 rings (SSSR count). The van der Waals surface area contributed by atoms with Crippen molar-refractivity contribution in [3.63, 3.8) is 0 Å². The van der Waals surface area contributed by atoms with E-state index in [9.17, 15) is 9.59 Å². The van der Waals surface area contributed by atoms with Crippen LogP contribution in [0.3, 0.4) is 0 Å². The number of carbonyl (C=O) groups excluding carboxylic acids is 2. The Morgan fingerprint density at radius 2 is 1.90 bits per heavy atom. The quantitative estimate of drug-likeness (QED) is 0.522. The number of ether oxygens (including phenoxy) is 1. The van der Waals surface area contributed by atoms with Gasteiger partial charge in [-0.2, -0.15) is 4.98 Å². The van der Waals surface area contributed by atoms with Crippen LogP contribution in [0.2, 0.25) is 5.02 Å². The van der Waals surface area contributed by atoms with Crippen LogP contribution in [0.5, 0.6) is 5.75 Å². The summed E-state index contributed by atoms with van der Waals surface area (Å²) in [5, 5.41) is 9.68. The molecule has 0 saturated heterocycles. The molecule has 0 aliphatic carbocycles. The summed E-state index contributed by atoms with van der Waals surface area (Å²) in [6.45, 7) is 1.77. The molecule has 0 atom stereocenters. The van der Waals surface area contributed by atoms with Gasteiger partial charge in [-0.1, -0.05) is 22.8 Å². The topological polar surface area (TPSA) is 106 Å². The minimum Gasteiger partial charge on any atom is -0.497 e. The fourth-order valence-corrected chi connectivity index (χ4v) is 3.08. The zero-order valence-electron chi connectivity index (χ0n) is 17.3. The van der Waals surface area contributed by atoms with Crippen LogP contribution in [0, 0.1) is 6.92 Å². The molecule has 0 radical (unpaired) electrons. The van der Waals surface area contributed by atoms with E-state index in [-0.39, 0.29) is 24.8 Å². The zero-order valence-corrected chi connectivity index (χ0v) is 18.0. The van der Waals surface area contributed by atoms with Gasteiger partial charge in [-0.15, -0.1) is 0 Å². The molecular formula is C22H23ClN4O4. The van der Waals surface area contributed by atoms with Crippen LogP contribution >= 0.6 is 11.6 Å². The van der Waals surface area contributed by atoms with E-state index in [2.05, 4.69) is 20.8 Å². The lowest BCUT2D eigenvalue weighted by molar-refractivity contribution is -0.124. The van der Waals surface area contributed by atoms with Crippen molar-refractivity contribution in [3.8, 4) is 17.1 Å². The van der Waals surface area contributed by atoms with E-state index in [1.165, 1.54) is 0 Å². The molecule has 31 heavy (non-hydrogen) atoms. The Hall–Kier alpha value is -3.39. The molecule has 2 N–H and O–H groups in total. The normalized spacial score (nSPS) is 10.5. The monoisotopic (exact) mass is 442 g/mol. The summed E-state index contributed by atoms with van der Waals surface area (Å²) in [5.74, 6) is 1.09. The number of nitrogens with zero attached hydrogens (tertiary/aromatic N) is 2. The molecule has 2 amide bonds. The number of nitrogens with one attached hydrogen (secondary N) is 2. The number of rotatable bonds is 9. The number of aromatic nitrogens is 2. The second-order valence-electron chi connectivity index (χ2n) is 6.90. The second-order valence-corrected chi connectivity index (χ2v) is 7.31. The number of methoxy groups -OCH3 is 1. The first kappa shape index (κ1) is 22.3. The van der Waals surface area contributed by atoms with E-state index in [0.717, 1.165) is 16.9 Å². The van der Waals surface area contributed by atoms with Crippen molar-refractivity contribution in [3.05, 3.63) is 58.9 Å². The molecule has 0 aliphatic heterocycles. The van der Waals surface area contributed by atoms with Gasteiger partial charge in [0.15, 0.2) is 0 Å². The Morgan fingerprint density at radius 3 is 2.61 bits per heavy atom. The van der Waals surface area contributed by atoms with Crippen LogP contribution in [0.25, 0.3) is 11.4 Å². The number of hydrogen-bond donors (Lipinski definition) is 2. The zero-order chi connectivity index (χ0) is 22.2. The maximum atomic E-state index is 12.0. The molecule has 1 heterocycles. The van der Waals surface area contributed by atoms with E-state index >= 15 is 0 Å². The van der Waals surface area contributed by atoms with Crippen LogP contribution in [0.15, 0.2) is 47.0 Å². The predicted molar refractivity (Wildman–Crippen MR) is 117 cm³/mol. The number of aryl methyl sites for hydroxylation is 2. The van der Waals surface area contributed by atoms with E-state index < -0.39 is 0 Å². The van der Waals surface area contributed by atoms with Crippen molar-refractivity contribution in [1.29, 1.82) is 0 Å². The van der Waals surface area contributed by atoms with Crippen molar-refractivity contribution < 1.29 is 18.8 Å². The van der Waals surface area contributed by atoms with Crippen molar-refractivity contribution in [2.24, 2.45) is 0 Å². The SMILES string of the molecule is COc1ccc(-c2noc(CCCC(=O)NCC(=O)Nc3ccc(C)cc3Cl)n2)cc1. The molecule has 162 valence electrons. The minimum absolute atomic E-state index is 0.134. The van der Waals surface area contributed by atoms with Gasteiger partial charge in [0.2, 0.25) is 23.5 Å². The lowest BCUT2D eigenvalue weighted by Crippen LogP contribution is -2.32. The molecule has 0 aliphatic rings. The van der Waals surface area contributed by atoms with E-state index in [0.29, 0.717) is 35.3 Å². The molecule has 1 aromatic heterocycles. The van der Waals surface area contributed by atoms with Gasteiger partial charge in [0.25, 0.3) is 0 Å². The Balaban J connectivity index is 1.39. The van der Waals surface area contributed by atoms with Crippen LogP contribution < -0.4 is 15.4 Å². The number of amides is 2. The van der Waals surface area contributed by atoms with Crippen LogP contribution in [-0.4, -0.2) is 35.6 Å². The van der Waals surface area contributed by atoms with Crippen LogP contribution in [-0.2, 0) is 16.0 Å². The number of anilines is 1. The van der Waals surface area contributed by atoms with E-state index in [1.807, 2.05) is 37.3 Å². The van der Waals surface area contributed by atoms with Gasteiger partial charge in [-0.3, -0.25) is 9.59 Å². The summed E-state index contributed by atoms with van der Waals surface area (Å²) in [4.78, 5) is 28.3. The number of hydrogen-bond acceptors (Lipinski definition) is 6. The second kappa shape index (κ2) is 10.6. The number of benzene rings is 2. The van der Waals surface area contributed by atoms with Crippen molar-refractivity contribution in [1.82, 2.24) is 15.5 Å². The summed E-state index contributed by atoms with van der Waals surface area (Å²) in [5.41, 5.74) is 2.32. The smallest absolute Gasteiger partial charge is 0.243 e. The van der Waals surface area contributed by atoms with Crippen molar-refractivity contribution in [2.75, 3.05) is 19.0 Å². The first-order valence-electron chi connectivity index (χ1n) is 9.74. The highest BCUT2D eigenvalue weighted by molar-refractivity contribution is 6.33. The molecule has 9 heteroatoms. The highest BCUT2D eigenvalue weighted by atomic mass is 35.5. The molecule has 8 nitrogen and oxygen atoms in total. The van der Waals surface area contributed by atoms with Crippen LogP contribution in [0.1, 0.15) is 24.3 Å². The average Bonchev–Trinajstić information content (AvgIpc) is 3.23. The summed E-state index contributed by atoms with van der Waals surface area (Å²) in [7, 11) is 1.60. The Kier molecular flexibility index (Phi) is 7.61. The number of carbonyl (C=O) groups is 2. The summed E-state index contributed by atoms with van der Waals surface area (Å²) in [6, 6.07) is 12.6. The third-order valence-electron chi connectivity index (χ3n) is 4.46. The average molecular weight is 443 g/mol. The lowest BCUT2D eigenvalue weighted by Gasteiger charge is -2.09. The molecule has 3 aromatic rings. The Morgan fingerprint density at radius 1 is 1.13 bits per heavy atom.